The number of sulfone groups is 1. The summed E-state index contributed by atoms with van der Waals surface area (Å²) in [5, 5.41) is 17.5. The van der Waals surface area contributed by atoms with Gasteiger partial charge >= 0.3 is 5.97 Å². The van der Waals surface area contributed by atoms with E-state index in [0.29, 0.717) is 18.4 Å². The first kappa shape index (κ1) is 15.4. The number of benzene rings is 1. The summed E-state index contributed by atoms with van der Waals surface area (Å²) in [6.45, 7) is 0. The molecule has 0 bridgehead atoms. The summed E-state index contributed by atoms with van der Waals surface area (Å²) in [6.07, 6.45) is 1.02. The highest BCUT2D eigenvalue weighted by Crippen LogP contribution is 2.50. The molecule has 21 heavy (non-hydrogen) atoms. The van der Waals surface area contributed by atoms with Crippen LogP contribution in [0.25, 0.3) is 0 Å². The van der Waals surface area contributed by atoms with Crippen molar-refractivity contribution in [2.75, 3.05) is 5.75 Å². The minimum Gasteiger partial charge on any atom is -0.481 e. The van der Waals surface area contributed by atoms with Gasteiger partial charge in [-0.25, -0.2) is 12.8 Å². The third-order valence-electron chi connectivity index (χ3n) is 3.55. The van der Waals surface area contributed by atoms with Gasteiger partial charge in [-0.2, -0.15) is 5.26 Å². The van der Waals surface area contributed by atoms with Crippen LogP contribution in [0.1, 0.15) is 30.4 Å². The van der Waals surface area contributed by atoms with E-state index in [2.05, 4.69) is 0 Å². The summed E-state index contributed by atoms with van der Waals surface area (Å²) in [6, 6.07) is 5.26. The van der Waals surface area contributed by atoms with Crippen molar-refractivity contribution in [2.45, 2.75) is 25.0 Å². The van der Waals surface area contributed by atoms with Crippen LogP contribution in [0, 0.1) is 22.6 Å². The fraction of sp³-hybridized carbons (Fsp3) is 0.429. The van der Waals surface area contributed by atoms with E-state index < -0.39 is 27.0 Å². The van der Waals surface area contributed by atoms with Gasteiger partial charge in [0, 0.05) is 0 Å². The number of hydrogen-bond acceptors (Lipinski definition) is 4. The molecule has 1 N–H and O–H groups in total. The largest absolute Gasteiger partial charge is 0.481 e. The molecule has 2 rings (SSSR count). The molecule has 1 aliphatic carbocycles. The van der Waals surface area contributed by atoms with Gasteiger partial charge in [-0.15, -0.1) is 0 Å². The van der Waals surface area contributed by atoms with Gasteiger partial charge in [-0.05, 0) is 36.0 Å². The lowest BCUT2D eigenvalue weighted by Crippen LogP contribution is -2.21. The Labute approximate surface area is 121 Å². The first-order valence-electron chi connectivity index (χ1n) is 6.36. The minimum atomic E-state index is -3.51. The topological polar surface area (TPSA) is 95.2 Å². The van der Waals surface area contributed by atoms with Crippen LogP contribution in [0.15, 0.2) is 18.2 Å². The number of carboxylic acids is 1. The van der Waals surface area contributed by atoms with E-state index in [1.807, 2.05) is 0 Å². The Kier molecular flexibility index (Phi) is 4.01. The highest BCUT2D eigenvalue weighted by atomic mass is 32.2. The molecule has 5 nitrogen and oxygen atoms in total. The van der Waals surface area contributed by atoms with Crippen molar-refractivity contribution < 1.29 is 22.7 Å². The zero-order valence-electron chi connectivity index (χ0n) is 11.2. The van der Waals surface area contributed by atoms with Crippen molar-refractivity contribution in [1.29, 1.82) is 5.26 Å². The molecule has 0 aromatic heterocycles. The molecule has 0 saturated heterocycles. The second kappa shape index (κ2) is 5.45. The Hall–Kier alpha value is -1.94. The molecule has 1 fully saturated rings. The molecule has 0 amide bonds. The van der Waals surface area contributed by atoms with Crippen LogP contribution >= 0.6 is 0 Å². The van der Waals surface area contributed by atoms with Crippen molar-refractivity contribution >= 4 is 15.8 Å². The zero-order chi connectivity index (χ0) is 15.7. The van der Waals surface area contributed by atoms with Crippen LogP contribution in [0.3, 0.4) is 0 Å². The zero-order valence-corrected chi connectivity index (χ0v) is 12.0. The maximum absolute atomic E-state index is 13.2. The normalized spacial score (nSPS) is 16.2. The van der Waals surface area contributed by atoms with Crippen LogP contribution < -0.4 is 0 Å². The predicted octanol–water partition coefficient (Wildman–Crippen LogP) is 1.87. The molecule has 0 aliphatic heterocycles. The molecule has 1 saturated carbocycles. The standard InChI is InChI=1S/C14H14FNO4S/c15-12-2-1-10(5-11(12)7-16)8-21(19,20)9-14(3-4-14)6-13(17)18/h1-2,5H,3-4,6,8-9H2,(H,17,18). The third-order valence-corrected chi connectivity index (χ3v) is 5.37. The molecule has 1 aliphatic rings. The monoisotopic (exact) mass is 311 g/mol. The number of halogens is 1. The van der Waals surface area contributed by atoms with Crippen molar-refractivity contribution in [3.63, 3.8) is 0 Å². The predicted molar refractivity (Wildman–Crippen MR) is 72.5 cm³/mol. The van der Waals surface area contributed by atoms with E-state index in [-0.39, 0.29) is 23.5 Å². The molecule has 0 spiro atoms. The Morgan fingerprint density at radius 3 is 2.62 bits per heavy atom. The Bertz CT molecular complexity index is 717. The summed E-state index contributed by atoms with van der Waals surface area (Å²) < 4.78 is 37.5. The van der Waals surface area contributed by atoms with Crippen LogP contribution in [0.4, 0.5) is 4.39 Å². The molecule has 1 aromatic carbocycles. The lowest BCUT2D eigenvalue weighted by molar-refractivity contribution is -0.138. The maximum Gasteiger partial charge on any atom is 0.303 e. The van der Waals surface area contributed by atoms with Gasteiger partial charge in [-0.3, -0.25) is 4.79 Å². The summed E-state index contributed by atoms with van der Waals surface area (Å²) in [4.78, 5) is 10.7. The lowest BCUT2D eigenvalue weighted by atomic mass is 10.1. The number of rotatable bonds is 6. The van der Waals surface area contributed by atoms with Crippen LogP contribution in [0.5, 0.6) is 0 Å². The van der Waals surface area contributed by atoms with Gasteiger partial charge in [0.1, 0.15) is 11.9 Å². The second-order valence-electron chi connectivity index (χ2n) is 5.53. The van der Waals surface area contributed by atoms with Crippen molar-refractivity contribution in [3.8, 4) is 6.07 Å². The molecular weight excluding hydrogens is 297 g/mol. The lowest BCUT2D eigenvalue weighted by Gasteiger charge is -2.13. The second-order valence-corrected chi connectivity index (χ2v) is 7.59. The van der Waals surface area contributed by atoms with Gasteiger partial charge in [0.2, 0.25) is 0 Å². The van der Waals surface area contributed by atoms with Crippen molar-refractivity contribution in [3.05, 3.63) is 35.1 Å². The smallest absolute Gasteiger partial charge is 0.303 e. The van der Waals surface area contributed by atoms with E-state index in [0.717, 1.165) is 6.07 Å². The van der Waals surface area contributed by atoms with Crippen molar-refractivity contribution in [2.24, 2.45) is 5.41 Å². The number of nitriles is 1. The Balaban J connectivity index is 2.12. The average molecular weight is 311 g/mol. The molecule has 0 heterocycles. The van der Waals surface area contributed by atoms with Gasteiger partial charge < -0.3 is 5.11 Å². The Morgan fingerprint density at radius 1 is 1.43 bits per heavy atom. The third kappa shape index (κ3) is 4.02. The number of hydrogen-bond donors (Lipinski definition) is 1. The maximum atomic E-state index is 13.2. The average Bonchev–Trinajstić information content (AvgIpc) is 3.08. The van der Waals surface area contributed by atoms with Gasteiger partial charge in [-0.1, -0.05) is 6.07 Å². The number of aliphatic carboxylic acids is 1. The SMILES string of the molecule is N#Cc1cc(CS(=O)(=O)CC2(CC(=O)O)CC2)ccc1F. The van der Waals surface area contributed by atoms with E-state index in [9.17, 15) is 17.6 Å². The first-order valence-corrected chi connectivity index (χ1v) is 8.18. The number of carboxylic acid groups (broad SMARTS) is 1. The van der Waals surface area contributed by atoms with Gasteiger partial charge in [0.05, 0.1) is 23.5 Å². The highest BCUT2D eigenvalue weighted by molar-refractivity contribution is 7.90. The van der Waals surface area contributed by atoms with Crippen LogP contribution in [0.2, 0.25) is 0 Å². The fourth-order valence-corrected chi connectivity index (χ4v) is 4.50. The Morgan fingerprint density at radius 2 is 2.10 bits per heavy atom. The quantitative estimate of drug-likeness (QED) is 0.865. The molecular formula is C14H14FNO4S. The fourth-order valence-electron chi connectivity index (χ4n) is 2.39. The number of carbonyl (C=O) groups is 1. The molecule has 1 aromatic rings. The van der Waals surface area contributed by atoms with Crippen molar-refractivity contribution in [1.82, 2.24) is 0 Å². The van der Waals surface area contributed by atoms with E-state index in [4.69, 9.17) is 10.4 Å². The summed E-state index contributed by atoms with van der Waals surface area (Å²) in [7, 11) is -3.51. The van der Waals surface area contributed by atoms with E-state index in [1.165, 1.54) is 12.1 Å². The number of nitrogens with zero attached hydrogens (tertiary/aromatic N) is 1. The molecule has 0 atom stereocenters. The summed E-state index contributed by atoms with van der Waals surface area (Å²) >= 11 is 0. The van der Waals surface area contributed by atoms with E-state index >= 15 is 0 Å². The molecule has 0 unspecified atom stereocenters. The first-order chi connectivity index (χ1) is 9.75. The van der Waals surface area contributed by atoms with Gasteiger partial charge in [0.25, 0.3) is 0 Å². The molecule has 7 heteroatoms. The minimum absolute atomic E-state index is 0.154. The molecule has 112 valence electrons. The van der Waals surface area contributed by atoms with Crippen LogP contribution in [-0.4, -0.2) is 25.2 Å². The van der Waals surface area contributed by atoms with E-state index in [1.54, 1.807) is 6.07 Å². The summed E-state index contributed by atoms with van der Waals surface area (Å²) in [5.74, 6) is -2.20. The van der Waals surface area contributed by atoms with Gasteiger partial charge in [0.15, 0.2) is 9.84 Å². The molecule has 0 radical (unpaired) electrons. The van der Waals surface area contributed by atoms with Crippen LogP contribution in [-0.2, 0) is 20.4 Å². The highest BCUT2D eigenvalue weighted by Gasteiger charge is 2.47. The summed E-state index contributed by atoms with van der Waals surface area (Å²) in [5.41, 5.74) is -0.517.